The molecule has 0 spiro atoms. The van der Waals surface area contributed by atoms with Gasteiger partial charge < -0.3 is 16.2 Å². The Labute approximate surface area is 124 Å². The minimum Gasteiger partial charge on any atom is -0.447 e. The maximum Gasteiger partial charge on any atom is 0.353 e. The minimum absolute atomic E-state index is 0.326. The first-order valence-electron chi connectivity index (χ1n) is 6.21. The second-order valence-electron chi connectivity index (χ2n) is 3.71. The molecule has 9 heteroatoms. The molecule has 0 atom stereocenters. The molecule has 0 fully saturated rings. The molecule has 1 heterocycles. The average Bonchev–Trinajstić information content (AvgIpc) is 2.46. The number of nitrogens with zero attached hydrogens (tertiary/aromatic N) is 2. The third kappa shape index (κ3) is 3.57. The van der Waals surface area contributed by atoms with E-state index in [1.54, 1.807) is 0 Å². The Kier molecular flexibility index (Phi) is 5.56. The Morgan fingerprint density at radius 2 is 1.82 bits per heavy atom. The molecule has 0 aliphatic rings. The number of anilines is 2. The van der Waals surface area contributed by atoms with Gasteiger partial charge in [-0.3, -0.25) is 10.1 Å². The Bertz CT molecular complexity index is 695. The second kappa shape index (κ2) is 7.16. The largest absolute Gasteiger partial charge is 0.447 e. The summed E-state index contributed by atoms with van der Waals surface area (Å²) in [6.07, 6.45) is 1.16. The summed E-state index contributed by atoms with van der Waals surface area (Å²) < 4.78 is 31.6. The maximum absolute atomic E-state index is 13.5. The molecule has 0 aliphatic heterocycles. The Morgan fingerprint density at radius 3 is 2.41 bits per heavy atom. The summed E-state index contributed by atoms with van der Waals surface area (Å²) in [7, 11) is 0. The van der Waals surface area contributed by atoms with Crippen LogP contribution < -0.4 is 16.2 Å². The topological polar surface area (TPSA) is 117 Å². The van der Waals surface area contributed by atoms with Crippen molar-refractivity contribution in [2.24, 2.45) is 0 Å². The number of hydrogen-bond acceptors (Lipinski definition) is 6. The number of nitrogen functional groups attached to an aromatic ring is 2. The molecule has 0 bridgehead atoms. The molecular weight excluding hydrogens is 298 g/mol. The molecule has 1 aromatic heterocycles. The van der Waals surface area contributed by atoms with E-state index in [4.69, 9.17) is 16.2 Å². The summed E-state index contributed by atoms with van der Waals surface area (Å²) in [6, 6.07) is 2.53. The SMILES string of the molecule is CC.Nc1cc(Oc2ccnc(N)c2[N+](=O)[O-])c(F)cc1F. The van der Waals surface area contributed by atoms with Crippen LogP contribution >= 0.6 is 0 Å². The number of nitro groups is 1. The average molecular weight is 312 g/mol. The van der Waals surface area contributed by atoms with Crippen LogP contribution in [0.5, 0.6) is 11.5 Å². The van der Waals surface area contributed by atoms with E-state index in [2.05, 4.69) is 4.98 Å². The molecule has 2 aromatic rings. The van der Waals surface area contributed by atoms with Crippen molar-refractivity contribution in [1.29, 1.82) is 0 Å². The highest BCUT2D eigenvalue weighted by Gasteiger charge is 2.22. The molecule has 0 amide bonds. The van der Waals surface area contributed by atoms with Crippen LogP contribution in [0, 0.1) is 21.7 Å². The lowest BCUT2D eigenvalue weighted by molar-refractivity contribution is -0.384. The molecule has 118 valence electrons. The van der Waals surface area contributed by atoms with Crippen molar-refractivity contribution in [2.75, 3.05) is 11.5 Å². The van der Waals surface area contributed by atoms with Gasteiger partial charge in [0.15, 0.2) is 11.6 Å². The summed E-state index contributed by atoms with van der Waals surface area (Å²) in [5, 5.41) is 10.9. The lowest BCUT2D eigenvalue weighted by atomic mass is 10.2. The van der Waals surface area contributed by atoms with E-state index in [0.717, 1.165) is 18.3 Å². The standard InChI is InChI=1S/C11H8F2N4O3.C2H6/c12-5-3-6(13)9(4-7(5)14)20-8-1-2-16-11(15)10(8)17(18)19;1-2/h1-4H,14H2,(H2,15,16);1-2H3. The van der Waals surface area contributed by atoms with Crippen molar-refractivity contribution in [3.05, 3.63) is 46.1 Å². The van der Waals surface area contributed by atoms with Crippen molar-refractivity contribution in [1.82, 2.24) is 4.98 Å². The molecule has 0 radical (unpaired) electrons. The quantitative estimate of drug-likeness (QED) is 0.510. The van der Waals surface area contributed by atoms with E-state index in [1.807, 2.05) is 13.8 Å². The van der Waals surface area contributed by atoms with Crippen molar-refractivity contribution < 1.29 is 18.4 Å². The predicted octanol–water partition coefficient (Wildman–Crippen LogP) is 3.25. The van der Waals surface area contributed by atoms with Crippen molar-refractivity contribution in [3.63, 3.8) is 0 Å². The van der Waals surface area contributed by atoms with Gasteiger partial charge in [0, 0.05) is 24.4 Å². The molecular formula is C13H14F2N4O3. The summed E-state index contributed by atoms with van der Waals surface area (Å²) in [5.41, 5.74) is 9.66. The van der Waals surface area contributed by atoms with Crippen LogP contribution in [0.2, 0.25) is 0 Å². The van der Waals surface area contributed by atoms with E-state index in [1.165, 1.54) is 0 Å². The van der Waals surface area contributed by atoms with E-state index in [-0.39, 0.29) is 17.3 Å². The molecule has 1 aromatic carbocycles. The first-order valence-corrected chi connectivity index (χ1v) is 6.21. The number of ether oxygens (including phenoxy) is 1. The predicted molar refractivity (Wildman–Crippen MR) is 77.5 cm³/mol. The number of pyridine rings is 1. The van der Waals surface area contributed by atoms with Gasteiger partial charge in [0.1, 0.15) is 5.82 Å². The molecule has 0 unspecified atom stereocenters. The number of benzene rings is 1. The normalized spacial score (nSPS) is 9.64. The van der Waals surface area contributed by atoms with Crippen LogP contribution in [0.1, 0.15) is 13.8 Å². The summed E-state index contributed by atoms with van der Waals surface area (Å²) in [6.45, 7) is 4.00. The molecule has 22 heavy (non-hydrogen) atoms. The van der Waals surface area contributed by atoms with E-state index < -0.39 is 28.0 Å². The fourth-order valence-electron chi connectivity index (χ4n) is 1.46. The molecule has 7 nitrogen and oxygen atoms in total. The van der Waals surface area contributed by atoms with Crippen LogP contribution in [-0.2, 0) is 0 Å². The monoisotopic (exact) mass is 312 g/mol. The van der Waals surface area contributed by atoms with Gasteiger partial charge in [-0.05, 0) is 0 Å². The van der Waals surface area contributed by atoms with Gasteiger partial charge in [0.05, 0.1) is 10.6 Å². The highest BCUT2D eigenvalue weighted by Crippen LogP contribution is 2.36. The highest BCUT2D eigenvalue weighted by atomic mass is 19.1. The third-order valence-electron chi connectivity index (χ3n) is 2.37. The molecule has 0 saturated carbocycles. The van der Waals surface area contributed by atoms with Gasteiger partial charge in [-0.2, -0.15) is 0 Å². The lowest BCUT2D eigenvalue weighted by Crippen LogP contribution is -2.02. The zero-order valence-electron chi connectivity index (χ0n) is 11.8. The number of hydrogen-bond donors (Lipinski definition) is 2. The summed E-state index contributed by atoms with van der Waals surface area (Å²) >= 11 is 0. The van der Waals surface area contributed by atoms with Gasteiger partial charge in [-0.25, -0.2) is 13.8 Å². The van der Waals surface area contributed by atoms with Crippen LogP contribution in [0.4, 0.5) is 26.0 Å². The smallest absolute Gasteiger partial charge is 0.353 e. The minimum atomic E-state index is -1.05. The fourth-order valence-corrected chi connectivity index (χ4v) is 1.46. The van der Waals surface area contributed by atoms with Gasteiger partial charge in [0.25, 0.3) is 0 Å². The Balaban J connectivity index is 0.00000116. The van der Waals surface area contributed by atoms with Crippen molar-refractivity contribution in [2.45, 2.75) is 13.8 Å². The lowest BCUT2D eigenvalue weighted by Gasteiger charge is -2.09. The molecule has 2 rings (SSSR count). The van der Waals surface area contributed by atoms with Crippen LogP contribution in [0.15, 0.2) is 24.4 Å². The molecule has 0 saturated heterocycles. The van der Waals surface area contributed by atoms with Gasteiger partial charge in [-0.1, -0.05) is 13.8 Å². The fraction of sp³-hybridized carbons (Fsp3) is 0.154. The van der Waals surface area contributed by atoms with Crippen LogP contribution in [-0.4, -0.2) is 9.91 Å². The van der Waals surface area contributed by atoms with Crippen molar-refractivity contribution in [3.8, 4) is 11.5 Å². The summed E-state index contributed by atoms with van der Waals surface area (Å²) in [5.74, 6) is -3.19. The Morgan fingerprint density at radius 1 is 1.18 bits per heavy atom. The van der Waals surface area contributed by atoms with E-state index in [9.17, 15) is 18.9 Å². The van der Waals surface area contributed by atoms with E-state index in [0.29, 0.717) is 6.07 Å². The second-order valence-corrected chi connectivity index (χ2v) is 3.71. The van der Waals surface area contributed by atoms with Crippen LogP contribution in [0.3, 0.4) is 0 Å². The van der Waals surface area contributed by atoms with E-state index >= 15 is 0 Å². The highest BCUT2D eigenvalue weighted by molar-refractivity contribution is 5.62. The zero-order valence-corrected chi connectivity index (χ0v) is 11.8. The zero-order chi connectivity index (χ0) is 16.9. The number of halogens is 2. The first-order chi connectivity index (χ1) is 10.4. The maximum atomic E-state index is 13.5. The molecule has 4 N–H and O–H groups in total. The van der Waals surface area contributed by atoms with Gasteiger partial charge in [-0.15, -0.1) is 0 Å². The number of rotatable bonds is 3. The van der Waals surface area contributed by atoms with Gasteiger partial charge >= 0.3 is 5.69 Å². The van der Waals surface area contributed by atoms with Gasteiger partial charge in [0.2, 0.25) is 11.6 Å². The van der Waals surface area contributed by atoms with Crippen LogP contribution in [0.25, 0.3) is 0 Å². The Hall–Kier alpha value is -2.97. The van der Waals surface area contributed by atoms with Crippen molar-refractivity contribution >= 4 is 17.2 Å². The summed E-state index contributed by atoms with van der Waals surface area (Å²) in [4.78, 5) is 13.6. The molecule has 0 aliphatic carbocycles. The number of aromatic nitrogens is 1. The first kappa shape index (κ1) is 17.1. The number of nitrogens with two attached hydrogens (primary N) is 2. The third-order valence-corrected chi connectivity index (χ3v) is 2.37.